The van der Waals surface area contributed by atoms with Crippen molar-refractivity contribution in [3.63, 3.8) is 0 Å². The number of nitrogens with zero attached hydrogens (tertiary/aromatic N) is 2. The van der Waals surface area contributed by atoms with Crippen LogP contribution in [-0.4, -0.2) is 44.1 Å². The molecular weight excluding hydrogens is 439 g/mol. The normalized spacial score (nSPS) is 17.1. The van der Waals surface area contributed by atoms with Gasteiger partial charge in [0, 0.05) is 19.0 Å². The first-order valence-corrected chi connectivity index (χ1v) is 10.2. The van der Waals surface area contributed by atoms with E-state index < -0.39 is 17.0 Å². The minimum atomic E-state index is -0.833. The third kappa shape index (κ3) is 8.19. The van der Waals surface area contributed by atoms with Gasteiger partial charge in [0.15, 0.2) is 5.17 Å². The number of carbonyl (C=O) groups is 3. The van der Waals surface area contributed by atoms with Crippen LogP contribution in [0.3, 0.4) is 0 Å². The van der Waals surface area contributed by atoms with E-state index >= 15 is 0 Å². The van der Waals surface area contributed by atoms with E-state index in [9.17, 15) is 19.1 Å². The topological polar surface area (TPSA) is 140 Å². The van der Waals surface area contributed by atoms with Crippen LogP contribution in [0, 0.1) is 5.82 Å². The van der Waals surface area contributed by atoms with E-state index in [1.54, 1.807) is 19.1 Å². The molecular formula is C21H21FN4O5S. The Bertz CT molecular complexity index is 1040. The van der Waals surface area contributed by atoms with Crippen LogP contribution in [0.1, 0.15) is 25.8 Å². The van der Waals surface area contributed by atoms with Gasteiger partial charge in [0.2, 0.25) is 11.8 Å². The fraction of sp³-hybridized carbons (Fsp3) is 0.190. The summed E-state index contributed by atoms with van der Waals surface area (Å²) in [5.41, 5.74) is 1.79. The SMILES string of the molecule is C/C(=N\N=C1/NC(=O)CC(C(=O)Nc2ccc(F)cc2)S1)c1ccc(O)cc1.CC(=O)O. The minimum absolute atomic E-state index is 0.00261. The lowest BCUT2D eigenvalue weighted by Gasteiger charge is -2.21. The Morgan fingerprint density at radius 2 is 1.72 bits per heavy atom. The van der Waals surface area contributed by atoms with Crippen molar-refractivity contribution < 1.29 is 29.0 Å². The monoisotopic (exact) mass is 460 g/mol. The van der Waals surface area contributed by atoms with Crippen LogP contribution in [0.25, 0.3) is 0 Å². The summed E-state index contributed by atoms with van der Waals surface area (Å²) in [5, 5.41) is 29.6. The van der Waals surface area contributed by atoms with Crippen LogP contribution in [0.15, 0.2) is 58.7 Å². The third-order valence-corrected chi connectivity index (χ3v) is 4.92. The molecule has 168 valence electrons. The van der Waals surface area contributed by atoms with E-state index in [4.69, 9.17) is 9.90 Å². The van der Waals surface area contributed by atoms with Crippen LogP contribution in [0.5, 0.6) is 5.75 Å². The maximum absolute atomic E-state index is 13.0. The standard InChI is InChI=1S/C19H17FN4O3S.C2H4O2/c1-11(12-2-8-15(25)9-3-12)23-24-19-22-17(26)10-16(28-19)18(27)21-14-6-4-13(20)5-7-14;1-2(3)4/h2-9,16,25H,10H2,1H3,(H,21,27)(H,22,24,26);1H3,(H,3,4)/b23-11+;. The molecule has 2 aromatic carbocycles. The van der Waals surface area contributed by atoms with Gasteiger partial charge in [-0.3, -0.25) is 14.4 Å². The van der Waals surface area contributed by atoms with E-state index in [0.29, 0.717) is 11.4 Å². The first-order chi connectivity index (χ1) is 15.1. The Labute approximate surface area is 187 Å². The molecule has 1 aliphatic rings. The highest BCUT2D eigenvalue weighted by atomic mass is 32.2. The minimum Gasteiger partial charge on any atom is -0.508 e. The molecule has 2 amide bonds. The van der Waals surface area contributed by atoms with Gasteiger partial charge in [-0.1, -0.05) is 11.8 Å². The maximum atomic E-state index is 13.0. The molecule has 0 spiro atoms. The first-order valence-electron chi connectivity index (χ1n) is 9.28. The zero-order valence-electron chi connectivity index (χ0n) is 17.2. The highest BCUT2D eigenvalue weighted by Gasteiger charge is 2.30. The predicted octanol–water partition coefficient (Wildman–Crippen LogP) is 2.96. The van der Waals surface area contributed by atoms with Crippen molar-refractivity contribution in [1.29, 1.82) is 0 Å². The van der Waals surface area contributed by atoms with Crippen molar-refractivity contribution in [2.45, 2.75) is 25.5 Å². The Kier molecular flexibility index (Phi) is 8.90. The van der Waals surface area contributed by atoms with Crippen LogP contribution >= 0.6 is 11.8 Å². The number of aliphatic carboxylic acids is 1. The number of amides is 2. The molecule has 9 nitrogen and oxygen atoms in total. The maximum Gasteiger partial charge on any atom is 0.300 e. The molecule has 4 N–H and O–H groups in total. The summed E-state index contributed by atoms with van der Waals surface area (Å²) in [6.45, 7) is 2.82. The molecule has 0 bridgehead atoms. The summed E-state index contributed by atoms with van der Waals surface area (Å²) in [6.07, 6.45) is -0.00261. The Morgan fingerprint density at radius 3 is 2.31 bits per heavy atom. The Balaban J connectivity index is 0.000000837. The van der Waals surface area contributed by atoms with Gasteiger partial charge in [0.25, 0.3) is 5.97 Å². The Hall–Kier alpha value is -3.73. The number of halogens is 1. The lowest BCUT2D eigenvalue weighted by atomic mass is 10.1. The number of phenols is 1. The van der Waals surface area contributed by atoms with Crippen molar-refractivity contribution in [2.75, 3.05) is 5.32 Å². The van der Waals surface area contributed by atoms with Gasteiger partial charge in [0.1, 0.15) is 16.8 Å². The third-order valence-electron chi connectivity index (χ3n) is 3.85. The van der Waals surface area contributed by atoms with Gasteiger partial charge in [-0.2, -0.15) is 5.10 Å². The van der Waals surface area contributed by atoms with Crippen molar-refractivity contribution in [1.82, 2.24) is 5.32 Å². The summed E-state index contributed by atoms with van der Waals surface area (Å²) in [4.78, 5) is 33.3. The molecule has 32 heavy (non-hydrogen) atoms. The summed E-state index contributed by atoms with van der Waals surface area (Å²) < 4.78 is 13.0. The molecule has 1 unspecified atom stereocenters. The van der Waals surface area contributed by atoms with E-state index in [1.165, 1.54) is 36.4 Å². The van der Waals surface area contributed by atoms with E-state index in [0.717, 1.165) is 24.2 Å². The number of amidine groups is 1. The zero-order valence-corrected chi connectivity index (χ0v) is 18.0. The number of carbonyl (C=O) groups excluding carboxylic acids is 2. The number of hydrogen-bond acceptors (Lipinski definition) is 7. The smallest absolute Gasteiger partial charge is 0.300 e. The molecule has 0 saturated carbocycles. The van der Waals surface area contributed by atoms with E-state index in [1.807, 2.05) is 0 Å². The number of nitrogens with one attached hydrogen (secondary N) is 2. The molecule has 1 saturated heterocycles. The predicted molar refractivity (Wildman–Crippen MR) is 120 cm³/mol. The zero-order chi connectivity index (χ0) is 23.7. The number of carboxylic acid groups (broad SMARTS) is 1. The second-order valence-corrected chi connectivity index (χ2v) is 7.70. The van der Waals surface area contributed by atoms with Gasteiger partial charge in [-0.25, -0.2) is 4.39 Å². The average Bonchev–Trinajstić information content (AvgIpc) is 2.73. The summed E-state index contributed by atoms with van der Waals surface area (Å²) in [6, 6.07) is 11.8. The van der Waals surface area contributed by atoms with Crippen LogP contribution in [-0.2, 0) is 14.4 Å². The highest BCUT2D eigenvalue weighted by Crippen LogP contribution is 2.23. The van der Waals surface area contributed by atoms with Gasteiger partial charge in [-0.05, 0) is 61.0 Å². The second-order valence-electron chi connectivity index (χ2n) is 6.51. The number of phenolic OH excluding ortho intramolecular Hbond substituents is 1. The molecule has 11 heteroatoms. The number of anilines is 1. The number of rotatable bonds is 4. The summed E-state index contributed by atoms with van der Waals surface area (Å²) in [5.74, 6) is -1.80. The van der Waals surface area contributed by atoms with Gasteiger partial charge in [0.05, 0.1) is 5.71 Å². The highest BCUT2D eigenvalue weighted by molar-refractivity contribution is 8.15. The van der Waals surface area contributed by atoms with Gasteiger partial charge in [-0.15, -0.1) is 5.10 Å². The van der Waals surface area contributed by atoms with Crippen LogP contribution in [0.2, 0.25) is 0 Å². The molecule has 2 aromatic rings. The lowest BCUT2D eigenvalue weighted by Crippen LogP contribution is -2.41. The van der Waals surface area contributed by atoms with Crippen molar-refractivity contribution >= 4 is 46.1 Å². The first kappa shape index (κ1) is 24.5. The lowest BCUT2D eigenvalue weighted by molar-refractivity contribution is -0.134. The largest absolute Gasteiger partial charge is 0.508 e. The molecule has 3 rings (SSSR count). The molecule has 1 atom stereocenters. The number of aromatic hydroxyl groups is 1. The fourth-order valence-electron chi connectivity index (χ4n) is 2.38. The van der Waals surface area contributed by atoms with Crippen molar-refractivity contribution in [3.05, 3.63) is 59.9 Å². The van der Waals surface area contributed by atoms with Crippen LogP contribution in [0.4, 0.5) is 10.1 Å². The van der Waals surface area contributed by atoms with E-state index in [-0.39, 0.29) is 29.2 Å². The van der Waals surface area contributed by atoms with Crippen LogP contribution < -0.4 is 10.6 Å². The summed E-state index contributed by atoms with van der Waals surface area (Å²) in [7, 11) is 0. The quantitative estimate of drug-likeness (QED) is 0.408. The average molecular weight is 460 g/mol. The van der Waals surface area contributed by atoms with Gasteiger partial charge >= 0.3 is 0 Å². The number of carboxylic acids is 1. The Morgan fingerprint density at radius 1 is 1.12 bits per heavy atom. The molecule has 1 heterocycles. The van der Waals surface area contributed by atoms with Crippen molar-refractivity contribution in [2.24, 2.45) is 10.2 Å². The number of hydrogen-bond donors (Lipinski definition) is 4. The molecule has 0 aromatic heterocycles. The fourth-order valence-corrected chi connectivity index (χ4v) is 3.31. The van der Waals surface area contributed by atoms with Crippen molar-refractivity contribution in [3.8, 4) is 5.75 Å². The van der Waals surface area contributed by atoms with E-state index in [2.05, 4.69) is 20.8 Å². The molecule has 0 radical (unpaired) electrons. The molecule has 1 aliphatic heterocycles. The number of benzene rings is 2. The second kappa shape index (κ2) is 11.6. The van der Waals surface area contributed by atoms with Gasteiger partial charge < -0.3 is 20.8 Å². The summed E-state index contributed by atoms with van der Waals surface area (Å²) >= 11 is 1.09. The molecule has 0 aliphatic carbocycles. The number of thioether (sulfide) groups is 1. The molecule has 1 fully saturated rings.